The van der Waals surface area contributed by atoms with E-state index in [1.807, 2.05) is 6.92 Å². The van der Waals surface area contributed by atoms with Crippen LogP contribution in [-0.4, -0.2) is 31.2 Å². The summed E-state index contributed by atoms with van der Waals surface area (Å²) in [5, 5.41) is 2.94. The quantitative estimate of drug-likeness (QED) is 0.519. The zero-order valence-electron chi connectivity index (χ0n) is 9.70. The smallest absolute Gasteiger partial charge is 0.246 e. The van der Waals surface area contributed by atoms with Crippen molar-refractivity contribution in [3.8, 4) is 0 Å². The van der Waals surface area contributed by atoms with Gasteiger partial charge in [0.2, 0.25) is 5.91 Å². The summed E-state index contributed by atoms with van der Waals surface area (Å²) in [5.74, 6) is 0.433. The number of hydrogen-bond acceptors (Lipinski definition) is 3. The highest BCUT2D eigenvalue weighted by Gasteiger charge is 2.41. The first-order chi connectivity index (χ1) is 7.12. The van der Waals surface area contributed by atoms with Crippen LogP contribution in [0.2, 0.25) is 0 Å². The molecule has 1 aliphatic carbocycles. The van der Waals surface area contributed by atoms with Crippen LogP contribution in [0.3, 0.4) is 0 Å². The summed E-state index contributed by atoms with van der Waals surface area (Å²) in [7, 11) is 0. The van der Waals surface area contributed by atoms with Crippen molar-refractivity contribution in [1.29, 1.82) is 0 Å². The molecule has 1 unspecified atom stereocenters. The third-order valence-electron chi connectivity index (χ3n) is 2.80. The SMILES string of the molecule is C=CCOCC(=O)NC(C)(CN)C1CC1.Cl. The van der Waals surface area contributed by atoms with Gasteiger partial charge in [0.1, 0.15) is 6.61 Å². The molecule has 3 N–H and O–H groups in total. The lowest BCUT2D eigenvalue weighted by molar-refractivity contribution is -0.127. The van der Waals surface area contributed by atoms with E-state index in [-0.39, 0.29) is 30.5 Å². The number of hydrogen-bond donors (Lipinski definition) is 2. The van der Waals surface area contributed by atoms with Crippen LogP contribution in [0.4, 0.5) is 0 Å². The fourth-order valence-corrected chi connectivity index (χ4v) is 1.63. The van der Waals surface area contributed by atoms with Gasteiger partial charge in [-0.25, -0.2) is 0 Å². The van der Waals surface area contributed by atoms with E-state index in [2.05, 4.69) is 11.9 Å². The van der Waals surface area contributed by atoms with E-state index in [9.17, 15) is 4.79 Å². The predicted molar refractivity (Wildman–Crippen MR) is 66.6 cm³/mol. The summed E-state index contributed by atoms with van der Waals surface area (Å²) < 4.78 is 5.06. The largest absolute Gasteiger partial charge is 0.368 e. The number of ether oxygens (including phenoxy) is 1. The number of amides is 1. The van der Waals surface area contributed by atoms with Gasteiger partial charge in [-0.1, -0.05) is 6.08 Å². The minimum Gasteiger partial charge on any atom is -0.368 e. The molecule has 1 rings (SSSR count). The number of nitrogens with one attached hydrogen (secondary N) is 1. The van der Waals surface area contributed by atoms with Crippen LogP contribution in [0.1, 0.15) is 19.8 Å². The second-order valence-corrected chi connectivity index (χ2v) is 4.25. The average molecular weight is 249 g/mol. The Morgan fingerprint density at radius 3 is 2.75 bits per heavy atom. The Labute approximate surface area is 103 Å². The van der Waals surface area contributed by atoms with E-state index >= 15 is 0 Å². The summed E-state index contributed by atoms with van der Waals surface area (Å²) in [6.45, 7) is 6.46. The van der Waals surface area contributed by atoms with E-state index < -0.39 is 0 Å². The molecule has 0 spiro atoms. The lowest BCUT2D eigenvalue weighted by Gasteiger charge is -2.29. The van der Waals surface area contributed by atoms with Gasteiger partial charge in [0.15, 0.2) is 0 Å². The fraction of sp³-hybridized carbons (Fsp3) is 0.727. The molecule has 0 radical (unpaired) electrons. The van der Waals surface area contributed by atoms with Crippen LogP contribution >= 0.6 is 12.4 Å². The predicted octanol–water partition coefficient (Wildman–Crippen LogP) is 0.854. The van der Waals surface area contributed by atoms with Crippen molar-refractivity contribution in [3.63, 3.8) is 0 Å². The van der Waals surface area contributed by atoms with E-state index in [4.69, 9.17) is 10.5 Å². The van der Waals surface area contributed by atoms with Crippen molar-refractivity contribution < 1.29 is 9.53 Å². The van der Waals surface area contributed by atoms with Crippen LogP contribution in [0.15, 0.2) is 12.7 Å². The van der Waals surface area contributed by atoms with Gasteiger partial charge in [0.05, 0.1) is 12.1 Å². The maximum absolute atomic E-state index is 11.5. The maximum Gasteiger partial charge on any atom is 0.246 e. The monoisotopic (exact) mass is 248 g/mol. The highest BCUT2D eigenvalue weighted by molar-refractivity contribution is 5.85. The first-order valence-corrected chi connectivity index (χ1v) is 5.32. The molecular weight excluding hydrogens is 228 g/mol. The third kappa shape index (κ3) is 4.51. The summed E-state index contributed by atoms with van der Waals surface area (Å²) in [4.78, 5) is 11.5. The van der Waals surface area contributed by atoms with Gasteiger partial charge >= 0.3 is 0 Å². The Balaban J connectivity index is 0.00000225. The van der Waals surface area contributed by atoms with Crippen molar-refractivity contribution in [2.75, 3.05) is 19.8 Å². The minimum atomic E-state index is -0.255. The number of carbonyl (C=O) groups is 1. The van der Waals surface area contributed by atoms with Crippen molar-refractivity contribution in [2.24, 2.45) is 11.7 Å². The molecule has 1 saturated carbocycles. The topological polar surface area (TPSA) is 64.3 Å². The van der Waals surface area contributed by atoms with E-state index in [0.717, 1.165) is 12.8 Å². The molecule has 0 aromatic carbocycles. The molecule has 1 fully saturated rings. The van der Waals surface area contributed by atoms with Gasteiger partial charge in [-0.05, 0) is 25.7 Å². The van der Waals surface area contributed by atoms with Gasteiger partial charge in [0.25, 0.3) is 0 Å². The van der Waals surface area contributed by atoms with Crippen molar-refractivity contribution >= 4 is 18.3 Å². The Kier molecular flexibility index (Phi) is 6.64. The molecule has 0 saturated heterocycles. The summed E-state index contributed by atoms with van der Waals surface area (Å²) in [5.41, 5.74) is 5.42. The molecule has 5 heteroatoms. The van der Waals surface area contributed by atoms with Gasteiger partial charge in [-0.2, -0.15) is 0 Å². The summed E-state index contributed by atoms with van der Waals surface area (Å²) in [6.07, 6.45) is 3.93. The van der Waals surface area contributed by atoms with Crippen LogP contribution in [0, 0.1) is 5.92 Å². The molecule has 0 aromatic heterocycles. The van der Waals surface area contributed by atoms with Crippen LogP contribution in [-0.2, 0) is 9.53 Å². The minimum absolute atomic E-state index is 0. The molecule has 0 aromatic rings. The Morgan fingerprint density at radius 2 is 2.31 bits per heavy atom. The standard InChI is InChI=1S/C11H20N2O2.ClH/c1-3-6-15-7-10(14)13-11(2,8-12)9-4-5-9;/h3,9H,1,4-8,12H2,2H3,(H,13,14);1H. The maximum atomic E-state index is 11.5. The van der Waals surface area contributed by atoms with Crippen LogP contribution in [0.25, 0.3) is 0 Å². The highest BCUT2D eigenvalue weighted by Crippen LogP contribution is 2.38. The van der Waals surface area contributed by atoms with E-state index in [1.54, 1.807) is 6.08 Å². The van der Waals surface area contributed by atoms with Crippen molar-refractivity contribution in [3.05, 3.63) is 12.7 Å². The number of halogens is 1. The molecule has 16 heavy (non-hydrogen) atoms. The molecule has 4 nitrogen and oxygen atoms in total. The summed E-state index contributed by atoms with van der Waals surface area (Å²) >= 11 is 0. The molecule has 1 atom stereocenters. The first-order valence-electron chi connectivity index (χ1n) is 5.32. The lowest BCUT2D eigenvalue weighted by Crippen LogP contribution is -2.54. The van der Waals surface area contributed by atoms with Crippen molar-refractivity contribution in [2.45, 2.75) is 25.3 Å². The van der Waals surface area contributed by atoms with E-state index in [0.29, 0.717) is 19.1 Å². The normalized spacial score (nSPS) is 18.1. The van der Waals surface area contributed by atoms with Gasteiger partial charge < -0.3 is 15.8 Å². The molecular formula is C11H21ClN2O2. The van der Waals surface area contributed by atoms with Gasteiger partial charge in [-0.15, -0.1) is 19.0 Å². The number of nitrogens with two attached hydrogens (primary N) is 1. The van der Waals surface area contributed by atoms with Gasteiger partial charge in [0, 0.05) is 6.54 Å². The average Bonchev–Trinajstić information content (AvgIpc) is 3.01. The highest BCUT2D eigenvalue weighted by atomic mass is 35.5. The zero-order chi connectivity index (χ0) is 11.3. The second kappa shape index (κ2) is 6.89. The molecule has 1 amide bonds. The fourth-order valence-electron chi connectivity index (χ4n) is 1.63. The Hall–Kier alpha value is -0.580. The molecule has 0 heterocycles. The second-order valence-electron chi connectivity index (χ2n) is 4.25. The van der Waals surface area contributed by atoms with Crippen LogP contribution in [0.5, 0.6) is 0 Å². The Bertz CT molecular complexity index is 244. The molecule has 1 aliphatic rings. The lowest BCUT2D eigenvalue weighted by atomic mass is 9.96. The Morgan fingerprint density at radius 1 is 1.69 bits per heavy atom. The third-order valence-corrected chi connectivity index (χ3v) is 2.80. The van der Waals surface area contributed by atoms with E-state index in [1.165, 1.54) is 0 Å². The molecule has 94 valence electrons. The molecule has 0 bridgehead atoms. The van der Waals surface area contributed by atoms with Crippen LogP contribution < -0.4 is 11.1 Å². The van der Waals surface area contributed by atoms with Gasteiger partial charge in [-0.3, -0.25) is 4.79 Å². The van der Waals surface area contributed by atoms with Crippen molar-refractivity contribution in [1.82, 2.24) is 5.32 Å². The zero-order valence-corrected chi connectivity index (χ0v) is 10.5. The first kappa shape index (κ1) is 15.4. The number of carbonyl (C=O) groups excluding carboxylic acids is 1. The number of rotatable bonds is 7. The molecule has 0 aliphatic heterocycles. The summed E-state index contributed by atoms with van der Waals surface area (Å²) in [6, 6.07) is 0.